The zero-order valence-corrected chi connectivity index (χ0v) is 21.2. The lowest BCUT2D eigenvalue weighted by atomic mass is 9.97. The van der Waals surface area contributed by atoms with Crippen molar-refractivity contribution in [2.24, 2.45) is 0 Å². The second-order valence-electron chi connectivity index (χ2n) is 9.16. The van der Waals surface area contributed by atoms with Gasteiger partial charge in [-0.15, -0.1) is 0 Å². The largest absolute Gasteiger partial charge is 0.478 e. The topological polar surface area (TPSA) is 93.1 Å². The molecule has 0 saturated carbocycles. The molecule has 0 aliphatic heterocycles. The summed E-state index contributed by atoms with van der Waals surface area (Å²) in [6.07, 6.45) is 0.741. The van der Waals surface area contributed by atoms with E-state index in [1.54, 1.807) is 24.3 Å². The lowest BCUT2D eigenvalue weighted by molar-refractivity contribution is 0.0686. The van der Waals surface area contributed by atoms with Crippen LogP contribution in [0.15, 0.2) is 72.8 Å². The molecule has 188 valence electrons. The molecule has 6 heteroatoms. The second kappa shape index (κ2) is 10.6. The number of aryl methyl sites for hydroxylation is 4. The van der Waals surface area contributed by atoms with E-state index >= 15 is 0 Å². The van der Waals surface area contributed by atoms with Crippen LogP contribution in [0.25, 0.3) is 0 Å². The van der Waals surface area contributed by atoms with E-state index < -0.39 is 11.9 Å². The first-order chi connectivity index (χ1) is 17.6. The van der Waals surface area contributed by atoms with E-state index in [0.29, 0.717) is 11.5 Å². The maximum absolute atomic E-state index is 11.1. The molecular weight excluding hydrogens is 468 g/mol. The van der Waals surface area contributed by atoms with Gasteiger partial charge in [0.2, 0.25) is 0 Å². The first-order valence-corrected chi connectivity index (χ1v) is 11.8. The molecule has 6 nitrogen and oxygen atoms in total. The highest BCUT2D eigenvalue weighted by Gasteiger charge is 2.13. The Labute approximate surface area is 215 Å². The summed E-state index contributed by atoms with van der Waals surface area (Å²) in [6.45, 7) is 8.00. The normalized spacial score (nSPS) is 10.7. The van der Waals surface area contributed by atoms with Gasteiger partial charge in [0.25, 0.3) is 0 Å². The molecular formula is C31H28O6. The van der Waals surface area contributed by atoms with Crippen molar-refractivity contribution in [2.75, 3.05) is 0 Å². The monoisotopic (exact) mass is 496 g/mol. The van der Waals surface area contributed by atoms with Crippen molar-refractivity contribution < 1.29 is 29.3 Å². The Kier molecular flexibility index (Phi) is 7.30. The van der Waals surface area contributed by atoms with Crippen LogP contribution in [0.5, 0.6) is 23.0 Å². The average molecular weight is 497 g/mol. The summed E-state index contributed by atoms with van der Waals surface area (Å²) in [7, 11) is 0. The van der Waals surface area contributed by atoms with Crippen molar-refractivity contribution >= 4 is 11.9 Å². The summed E-state index contributed by atoms with van der Waals surface area (Å²) in [4.78, 5) is 22.2. The van der Waals surface area contributed by atoms with Gasteiger partial charge >= 0.3 is 11.9 Å². The van der Waals surface area contributed by atoms with Crippen LogP contribution in [-0.2, 0) is 6.42 Å². The van der Waals surface area contributed by atoms with E-state index in [9.17, 15) is 9.59 Å². The number of carbonyl (C=O) groups is 2. The first kappa shape index (κ1) is 25.5. The molecule has 0 atom stereocenters. The predicted octanol–water partition coefficient (Wildman–Crippen LogP) is 7.49. The molecule has 0 amide bonds. The van der Waals surface area contributed by atoms with Crippen molar-refractivity contribution in [3.8, 4) is 23.0 Å². The molecule has 0 bridgehead atoms. The van der Waals surface area contributed by atoms with E-state index in [1.165, 1.54) is 24.3 Å². The van der Waals surface area contributed by atoms with Gasteiger partial charge in [0.05, 0.1) is 11.1 Å². The van der Waals surface area contributed by atoms with Gasteiger partial charge in [-0.1, -0.05) is 24.3 Å². The summed E-state index contributed by atoms with van der Waals surface area (Å²) in [5, 5.41) is 18.2. The molecule has 4 rings (SSSR count). The maximum Gasteiger partial charge on any atom is 0.335 e. The maximum atomic E-state index is 11.1. The highest BCUT2D eigenvalue weighted by Crippen LogP contribution is 2.33. The van der Waals surface area contributed by atoms with Gasteiger partial charge in [-0.05, 0) is 116 Å². The molecule has 0 aliphatic rings. The Morgan fingerprint density at radius 2 is 0.865 bits per heavy atom. The number of rotatable bonds is 8. The zero-order chi connectivity index (χ0) is 26.7. The third kappa shape index (κ3) is 5.98. The van der Waals surface area contributed by atoms with Crippen LogP contribution in [0.3, 0.4) is 0 Å². The number of benzene rings is 4. The molecule has 0 radical (unpaired) electrons. The number of hydrogen-bond donors (Lipinski definition) is 2. The number of aromatic carboxylic acids is 2. The summed E-state index contributed by atoms with van der Waals surface area (Å²) in [5.74, 6) is 0.755. The fourth-order valence-corrected chi connectivity index (χ4v) is 4.41. The average Bonchev–Trinajstić information content (AvgIpc) is 2.84. The summed E-state index contributed by atoms with van der Waals surface area (Å²) in [6, 6.07) is 21.2. The highest BCUT2D eigenvalue weighted by molar-refractivity contribution is 5.88. The van der Waals surface area contributed by atoms with Gasteiger partial charge in [-0.3, -0.25) is 0 Å². The number of hydrogen-bond acceptors (Lipinski definition) is 4. The van der Waals surface area contributed by atoms with Gasteiger partial charge in [0.1, 0.15) is 23.0 Å². The Hall–Kier alpha value is -4.58. The molecule has 0 aromatic heterocycles. The van der Waals surface area contributed by atoms with Gasteiger partial charge in [0.15, 0.2) is 0 Å². The highest BCUT2D eigenvalue weighted by atomic mass is 16.5. The predicted molar refractivity (Wildman–Crippen MR) is 142 cm³/mol. The van der Waals surface area contributed by atoms with Crippen LogP contribution in [-0.4, -0.2) is 22.2 Å². The molecule has 0 saturated heterocycles. The Morgan fingerprint density at radius 1 is 0.568 bits per heavy atom. The van der Waals surface area contributed by atoms with Crippen LogP contribution in [0, 0.1) is 27.7 Å². The van der Waals surface area contributed by atoms with E-state index in [4.69, 9.17) is 19.7 Å². The molecule has 0 unspecified atom stereocenters. The quantitative estimate of drug-likeness (QED) is 0.262. The smallest absolute Gasteiger partial charge is 0.335 e. The van der Waals surface area contributed by atoms with Crippen molar-refractivity contribution in [3.05, 3.63) is 117 Å². The molecule has 0 aliphatic carbocycles. The van der Waals surface area contributed by atoms with Crippen molar-refractivity contribution in [3.63, 3.8) is 0 Å². The first-order valence-electron chi connectivity index (χ1n) is 11.8. The number of carboxylic acid groups (broad SMARTS) is 2. The lowest BCUT2D eigenvalue weighted by Gasteiger charge is -2.16. The number of ether oxygens (including phenoxy) is 2. The summed E-state index contributed by atoms with van der Waals surface area (Å²) >= 11 is 0. The van der Waals surface area contributed by atoms with Gasteiger partial charge in [-0.25, -0.2) is 9.59 Å². The summed E-state index contributed by atoms with van der Waals surface area (Å²) < 4.78 is 12.1. The zero-order valence-electron chi connectivity index (χ0n) is 21.2. The minimum absolute atomic E-state index is 0.217. The van der Waals surface area contributed by atoms with Gasteiger partial charge in [-0.2, -0.15) is 0 Å². The third-order valence-corrected chi connectivity index (χ3v) is 6.09. The van der Waals surface area contributed by atoms with Crippen LogP contribution in [0.1, 0.15) is 54.1 Å². The van der Waals surface area contributed by atoms with Crippen LogP contribution in [0.4, 0.5) is 0 Å². The van der Waals surface area contributed by atoms with Gasteiger partial charge < -0.3 is 19.7 Å². The minimum atomic E-state index is -0.970. The van der Waals surface area contributed by atoms with Gasteiger partial charge in [0, 0.05) is 0 Å². The standard InChI is InChI=1S/C31H28O6/c1-18-13-22(14-19(2)28(18)36-26-9-5-24(6-10-26)30(32)33)17-23-15-20(3)29(21(4)16-23)37-27-11-7-25(8-12-27)31(34)35/h5-16H,17H2,1-4H3,(H,32,33)(H,34,35). The second-order valence-corrected chi connectivity index (χ2v) is 9.16. The third-order valence-electron chi connectivity index (χ3n) is 6.09. The van der Waals surface area contributed by atoms with Crippen molar-refractivity contribution in [1.29, 1.82) is 0 Å². The van der Waals surface area contributed by atoms with Crippen LogP contribution in [0.2, 0.25) is 0 Å². The molecule has 2 N–H and O–H groups in total. The molecule has 4 aromatic rings. The molecule has 0 heterocycles. The fourth-order valence-electron chi connectivity index (χ4n) is 4.41. The van der Waals surface area contributed by atoms with Crippen molar-refractivity contribution in [1.82, 2.24) is 0 Å². The molecule has 37 heavy (non-hydrogen) atoms. The Bertz CT molecular complexity index is 1310. The summed E-state index contributed by atoms with van der Waals surface area (Å²) in [5.41, 5.74) is 6.72. The fraction of sp³-hybridized carbons (Fsp3) is 0.161. The van der Waals surface area contributed by atoms with E-state index in [-0.39, 0.29) is 11.1 Å². The van der Waals surface area contributed by atoms with E-state index in [2.05, 4.69) is 24.3 Å². The molecule has 0 fully saturated rings. The van der Waals surface area contributed by atoms with Crippen LogP contribution < -0.4 is 9.47 Å². The van der Waals surface area contributed by atoms with E-state index in [0.717, 1.165) is 51.3 Å². The minimum Gasteiger partial charge on any atom is -0.478 e. The lowest BCUT2D eigenvalue weighted by Crippen LogP contribution is -1.99. The van der Waals surface area contributed by atoms with Crippen molar-refractivity contribution in [2.45, 2.75) is 34.1 Å². The Morgan fingerprint density at radius 3 is 1.14 bits per heavy atom. The SMILES string of the molecule is Cc1cc(Cc2cc(C)c(Oc3ccc(C(=O)O)cc3)c(C)c2)cc(C)c1Oc1ccc(C(=O)O)cc1. The van der Waals surface area contributed by atoms with E-state index in [1.807, 2.05) is 27.7 Å². The Balaban J connectivity index is 1.50. The van der Waals surface area contributed by atoms with Crippen LogP contribution >= 0.6 is 0 Å². The molecule has 4 aromatic carbocycles. The molecule has 0 spiro atoms. The number of carboxylic acids is 2.